The van der Waals surface area contributed by atoms with E-state index >= 15 is 0 Å². The minimum Gasteiger partial charge on any atom is -0.494 e. The zero-order valence-corrected chi connectivity index (χ0v) is 12.1. The fourth-order valence-corrected chi connectivity index (χ4v) is 2.90. The minimum absolute atomic E-state index is 0.689. The fourth-order valence-electron chi connectivity index (χ4n) is 2.04. The molecule has 1 heterocycles. The van der Waals surface area contributed by atoms with Gasteiger partial charge in [0.1, 0.15) is 5.75 Å². The van der Waals surface area contributed by atoms with Crippen molar-refractivity contribution in [2.75, 3.05) is 11.9 Å². The van der Waals surface area contributed by atoms with Crippen LogP contribution in [0.4, 0.5) is 5.13 Å². The molecule has 0 spiro atoms. The number of aromatic nitrogens is 1. The molecule has 20 heavy (non-hydrogen) atoms. The topological polar surface area (TPSA) is 34.1 Å². The van der Waals surface area contributed by atoms with Crippen LogP contribution < -0.4 is 10.1 Å². The summed E-state index contributed by atoms with van der Waals surface area (Å²) in [7, 11) is 0. The van der Waals surface area contributed by atoms with Crippen LogP contribution in [0, 0.1) is 0 Å². The molecule has 102 valence electrons. The van der Waals surface area contributed by atoms with Gasteiger partial charge in [-0.1, -0.05) is 35.6 Å². The minimum atomic E-state index is 0.689. The number of fused-ring (bicyclic) bond motifs is 1. The number of benzene rings is 2. The molecule has 0 fully saturated rings. The summed E-state index contributed by atoms with van der Waals surface area (Å²) in [6, 6.07) is 16.3. The van der Waals surface area contributed by atoms with Gasteiger partial charge < -0.3 is 10.1 Å². The first-order chi connectivity index (χ1) is 9.85. The van der Waals surface area contributed by atoms with Crippen LogP contribution in [0.2, 0.25) is 0 Å². The summed E-state index contributed by atoms with van der Waals surface area (Å²) in [6.07, 6.45) is 0. The van der Waals surface area contributed by atoms with E-state index in [0.717, 1.165) is 22.9 Å². The normalized spacial score (nSPS) is 10.7. The molecule has 0 aliphatic carbocycles. The Labute approximate surface area is 122 Å². The van der Waals surface area contributed by atoms with Gasteiger partial charge in [0, 0.05) is 6.54 Å². The molecule has 1 aromatic heterocycles. The van der Waals surface area contributed by atoms with Gasteiger partial charge in [-0.2, -0.15) is 0 Å². The Morgan fingerprint density at radius 1 is 1.15 bits per heavy atom. The number of hydrogen-bond acceptors (Lipinski definition) is 4. The van der Waals surface area contributed by atoms with Crippen LogP contribution in [0.1, 0.15) is 12.5 Å². The number of nitrogens with zero attached hydrogens (tertiary/aromatic N) is 1. The monoisotopic (exact) mass is 284 g/mol. The maximum atomic E-state index is 5.51. The molecule has 0 saturated heterocycles. The van der Waals surface area contributed by atoms with Gasteiger partial charge in [-0.05, 0) is 36.8 Å². The van der Waals surface area contributed by atoms with Crippen molar-refractivity contribution in [2.24, 2.45) is 0 Å². The Balaban J connectivity index is 1.71. The third-order valence-electron chi connectivity index (χ3n) is 2.95. The van der Waals surface area contributed by atoms with E-state index in [4.69, 9.17) is 4.74 Å². The predicted octanol–water partition coefficient (Wildman–Crippen LogP) is 4.31. The van der Waals surface area contributed by atoms with Crippen LogP contribution in [-0.4, -0.2) is 11.6 Å². The van der Waals surface area contributed by atoms with Crippen molar-refractivity contribution in [3.05, 3.63) is 54.1 Å². The van der Waals surface area contributed by atoms with Crippen LogP contribution in [-0.2, 0) is 6.54 Å². The Bertz CT molecular complexity index is 675. The molecular weight excluding hydrogens is 268 g/mol. The van der Waals surface area contributed by atoms with Crippen molar-refractivity contribution in [1.29, 1.82) is 0 Å². The molecule has 3 aromatic rings. The van der Waals surface area contributed by atoms with Crippen LogP contribution in [0.5, 0.6) is 5.75 Å². The summed E-state index contributed by atoms with van der Waals surface area (Å²) < 4.78 is 6.71. The lowest BCUT2D eigenvalue weighted by molar-refractivity contribution is 0.340. The molecule has 1 N–H and O–H groups in total. The van der Waals surface area contributed by atoms with Crippen molar-refractivity contribution < 1.29 is 4.74 Å². The highest BCUT2D eigenvalue weighted by atomic mass is 32.1. The molecule has 0 amide bonds. The number of ether oxygens (including phenoxy) is 1. The summed E-state index contributed by atoms with van der Waals surface area (Å²) >= 11 is 1.68. The molecule has 2 aromatic carbocycles. The van der Waals surface area contributed by atoms with E-state index in [2.05, 4.69) is 28.5 Å². The van der Waals surface area contributed by atoms with Gasteiger partial charge in [0.25, 0.3) is 0 Å². The lowest BCUT2D eigenvalue weighted by Crippen LogP contribution is -1.99. The number of para-hydroxylation sites is 1. The maximum Gasteiger partial charge on any atom is 0.184 e. The van der Waals surface area contributed by atoms with Crippen molar-refractivity contribution in [3.8, 4) is 5.75 Å². The van der Waals surface area contributed by atoms with Gasteiger partial charge in [0.15, 0.2) is 5.13 Å². The van der Waals surface area contributed by atoms with Gasteiger partial charge in [-0.15, -0.1) is 0 Å². The van der Waals surface area contributed by atoms with Crippen molar-refractivity contribution in [1.82, 2.24) is 4.98 Å². The SMILES string of the molecule is CCOc1cccc(CNc2nc3ccccc3s2)c1. The Kier molecular flexibility index (Phi) is 3.83. The van der Waals surface area contributed by atoms with E-state index in [1.807, 2.05) is 37.3 Å². The number of anilines is 1. The molecule has 0 radical (unpaired) electrons. The predicted molar refractivity (Wildman–Crippen MR) is 84.6 cm³/mol. The van der Waals surface area contributed by atoms with Gasteiger partial charge in [0.05, 0.1) is 16.8 Å². The highest BCUT2D eigenvalue weighted by Gasteiger charge is 2.03. The third-order valence-corrected chi connectivity index (χ3v) is 3.94. The van der Waals surface area contributed by atoms with E-state index in [9.17, 15) is 0 Å². The standard InChI is InChI=1S/C16H16N2OS/c1-2-19-13-7-5-6-12(10-13)11-17-16-18-14-8-3-4-9-15(14)20-16/h3-10H,2,11H2,1H3,(H,17,18). The molecule has 0 bridgehead atoms. The number of rotatable bonds is 5. The molecular formula is C16H16N2OS. The molecule has 0 aliphatic rings. The van der Waals surface area contributed by atoms with Gasteiger partial charge in [-0.3, -0.25) is 0 Å². The largest absolute Gasteiger partial charge is 0.494 e. The molecule has 3 rings (SSSR count). The Morgan fingerprint density at radius 3 is 2.90 bits per heavy atom. The van der Waals surface area contributed by atoms with Crippen molar-refractivity contribution >= 4 is 26.7 Å². The number of hydrogen-bond donors (Lipinski definition) is 1. The van der Waals surface area contributed by atoms with E-state index in [1.165, 1.54) is 10.3 Å². The van der Waals surface area contributed by atoms with Gasteiger partial charge in [0.2, 0.25) is 0 Å². The molecule has 4 heteroatoms. The second-order valence-electron chi connectivity index (χ2n) is 4.42. The zero-order valence-electron chi connectivity index (χ0n) is 11.3. The van der Waals surface area contributed by atoms with E-state index in [0.29, 0.717) is 6.61 Å². The van der Waals surface area contributed by atoms with Crippen LogP contribution in [0.15, 0.2) is 48.5 Å². The maximum absolute atomic E-state index is 5.51. The number of thiazole rings is 1. The van der Waals surface area contributed by atoms with E-state index in [1.54, 1.807) is 11.3 Å². The lowest BCUT2D eigenvalue weighted by Gasteiger charge is -2.06. The number of nitrogens with one attached hydrogen (secondary N) is 1. The van der Waals surface area contributed by atoms with Crippen molar-refractivity contribution in [2.45, 2.75) is 13.5 Å². The summed E-state index contributed by atoms with van der Waals surface area (Å²) in [5.41, 5.74) is 2.23. The first-order valence-electron chi connectivity index (χ1n) is 6.66. The average Bonchev–Trinajstić information content (AvgIpc) is 2.89. The zero-order chi connectivity index (χ0) is 13.8. The molecule has 0 atom stereocenters. The summed E-state index contributed by atoms with van der Waals surface area (Å²) in [5.74, 6) is 0.913. The molecule has 0 saturated carbocycles. The summed E-state index contributed by atoms with van der Waals surface area (Å²) in [6.45, 7) is 3.43. The second kappa shape index (κ2) is 5.92. The molecule has 0 aliphatic heterocycles. The average molecular weight is 284 g/mol. The Morgan fingerprint density at radius 2 is 2.05 bits per heavy atom. The van der Waals surface area contributed by atoms with Crippen LogP contribution in [0.25, 0.3) is 10.2 Å². The summed E-state index contributed by atoms with van der Waals surface area (Å²) in [4.78, 5) is 4.56. The van der Waals surface area contributed by atoms with Crippen molar-refractivity contribution in [3.63, 3.8) is 0 Å². The fraction of sp³-hybridized carbons (Fsp3) is 0.188. The van der Waals surface area contributed by atoms with Crippen LogP contribution >= 0.6 is 11.3 Å². The van der Waals surface area contributed by atoms with E-state index < -0.39 is 0 Å². The van der Waals surface area contributed by atoms with Gasteiger partial charge >= 0.3 is 0 Å². The molecule has 0 unspecified atom stereocenters. The van der Waals surface area contributed by atoms with Crippen LogP contribution in [0.3, 0.4) is 0 Å². The summed E-state index contributed by atoms with van der Waals surface area (Å²) in [5, 5.41) is 4.32. The Hall–Kier alpha value is -2.07. The van der Waals surface area contributed by atoms with E-state index in [-0.39, 0.29) is 0 Å². The highest BCUT2D eigenvalue weighted by Crippen LogP contribution is 2.26. The highest BCUT2D eigenvalue weighted by molar-refractivity contribution is 7.22. The smallest absolute Gasteiger partial charge is 0.184 e. The van der Waals surface area contributed by atoms with Gasteiger partial charge in [-0.25, -0.2) is 4.98 Å². The second-order valence-corrected chi connectivity index (χ2v) is 5.45. The lowest BCUT2D eigenvalue weighted by atomic mass is 10.2. The first kappa shape index (κ1) is 12.9. The molecule has 3 nitrogen and oxygen atoms in total. The quantitative estimate of drug-likeness (QED) is 0.758. The first-order valence-corrected chi connectivity index (χ1v) is 7.48. The third kappa shape index (κ3) is 2.91.